The molecule has 18 heavy (non-hydrogen) atoms. The van der Waals surface area contributed by atoms with Gasteiger partial charge in [0.15, 0.2) is 0 Å². The van der Waals surface area contributed by atoms with E-state index in [0.29, 0.717) is 12.0 Å². The molecule has 1 saturated heterocycles. The Hall–Kier alpha value is -1.09. The lowest BCUT2D eigenvalue weighted by Crippen LogP contribution is -2.36. The Morgan fingerprint density at radius 1 is 1.44 bits per heavy atom. The zero-order valence-electron chi connectivity index (χ0n) is 11.7. The molecular formula is C15H24N2O. The van der Waals surface area contributed by atoms with Crippen LogP contribution in [0.2, 0.25) is 0 Å². The van der Waals surface area contributed by atoms with E-state index in [4.69, 9.17) is 0 Å². The Balaban J connectivity index is 2.22. The van der Waals surface area contributed by atoms with E-state index in [9.17, 15) is 4.79 Å². The van der Waals surface area contributed by atoms with Crippen molar-refractivity contribution in [2.45, 2.75) is 46.1 Å². The third-order valence-electron chi connectivity index (χ3n) is 3.71. The molecule has 0 radical (unpaired) electrons. The van der Waals surface area contributed by atoms with E-state index in [0.717, 1.165) is 12.1 Å². The summed E-state index contributed by atoms with van der Waals surface area (Å²) < 4.78 is 0. The van der Waals surface area contributed by atoms with Crippen LogP contribution in [-0.2, 0) is 0 Å². The van der Waals surface area contributed by atoms with E-state index in [1.165, 1.54) is 31.4 Å². The number of rotatable bonds is 3. The first kappa shape index (κ1) is 13.3. The number of likely N-dealkylation sites (tertiary alicyclic amines) is 1. The molecule has 0 saturated carbocycles. The summed E-state index contributed by atoms with van der Waals surface area (Å²) in [6.07, 6.45) is 5.69. The van der Waals surface area contributed by atoms with Crippen LogP contribution in [0, 0.1) is 12.8 Å². The summed E-state index contributed by atoms with van der Waals surface area (Å²) in [5.74, 6) is 0.689. The van der Waals surface area contributed by atoms with Crippen LogP contribution in [0.15, 0.2) is 17.1 Å². The lowest BCUT2D eigenvalue weighted by Gasteiger charge is -2.37. The van der Waals surface area contributed by atoms with Gasteiger partial charge in [-0.2, -0.15) is 0 Å². The van der Waals surface area contributed by atoms with Gasteiger partial charge in [-0.25, -0.2) is 0 Å². The number of aryl methyl sites for hydroxylation is 1. The minimum atomic E-state index is 0.0324. The van der Waals surface area contributed by atoms with E-state index >= 15 is 0 Å². The normalized spacial score (nSPS) is 21.4. The van der Waals surface area contributed by atoms with Gasteiger partial charge in [0.2, 0.25) is 0 Å². The summed E-state index contributed by atoms with van der Waals surface area (Å²) in [5.41, 5.74) is 2.12. The van der Waals surface area contributed by atoms with E-state index in [2.05, 4.69) is 29.8 Å². The molecule has 0 amide bonds. The van der Waals surface area contributed by atoms with Gasteiger partial charge in [0, 0.05) is 24.3 Å². The molecule has 1 aliphatic heterocycles. The molecule has 3 heteroatoms. The summed E-state index contributed by atoms with van der Waals surface area (Å²) >= 11 is 0. The second-order valence-corrected chi connectivity index (χ2v) is 5.85. The van der Waals surface area contributed by atoms with Crippen molar-refractivity contribution in [3.8, 4) is 0 Å². The lowest BCUT2D eigenvalue weighted by atomic mass is 9.94. The molecule has 0 aliphatic carbocycles. The van der Waals surface area contributed by atoms with Crippen molar-refractivity contribution in [1.29, 1.82) is 0 Å². The molecule has 2 heterocycles. The van der Waals surface area contributed by atoms with Crippen molar-refractivity contribution < 1.29 is 0 Å². The Kier molecular flexibility index (Phi) is 4.23. The summed E-state index contributed by atoms with van der Waals surface area (Å²) in [6.45, 7) is 8.75. The van der Waals surface area contributed by atoms with Crippen molar-refractivity contribution >= 4 is 0 Å². The summed E-state index contributed by atoms with van der Waals surface area (Å²) in [6, 6.07) is 2.54. The number of aromatic amines is 1. The van der Waals surface area contributed by atoms with Gasteiger partial charge in [-0.3, -0.25) is 9.69 Å². The van der Waals surface area contributed by atoms with Crippen molar-refractivity contribution in [1.82, 2.24) is 9.88 Å². The Bertz CT molecular complexity index is 450. The zero-order chi connectivity index (χ0) is 13.1. The van der Waals surface area contributed by atoms with Gasteiger partial charge in [-0.1, -0.05) is 20.3 Å². The van der Waals surface area contributed by atoms with Gasteiger partial charge in [0.1, 0.15) is 0 Å². The van der Waals surface area contributed by atoms with Crippen molar-refractivity contribution in [3.63, 3.8) is 0 Å². The third-order valence-corrected chi connectivity index (χ3v) is 3.71. The molecule has 1 aliphatic rings. The van der Waals surface area contributed by atoms with Crippen molar-refractivity contribution in [2.24, 2.45) is 5.92 Å². The highest BCUT2D eigenvalue weighted by molar-refractivity contribution is 5.21. The van der Waals surface area contributed by atoms with Gasteiger partial charge in [-0.15, -0.1) is 0 Å². The number of hydrogen-bond donors (Lipinski definition) is 1. The van der Waals surface area contributed by atoms with Crippen LogP contribution in [0.5, 0.6) is 0 Å². The quantitative estimate of drug-likeness (QED) is 0.893. The number of H-pyrrole nitrogens is 1. The Morgan fingerprint density at radius 2 is 2.22 bits per heavy atom. The van der Waals surface area contributed by atoms with Crippen molar-refractivity contribution in [3.05, 3.63) is 33.7 Å². The second kappa shape index (κ2) is 5.70. The predicted octanol–water partition coefficient (Wildman–Crippen LogP) is 2.87. The van der Waals surface area contributed by atoms with Crippen LogP contribution in [0.1, 0.15) is 50.3 Å². The summed E-state index contributed by atoms with van der Waals surface area (Å²) in [5, 5.41) is 0. The second-order valence-electron chi connectivity index (χ2n) is 5.85. The number of nitrogens with one attached hydrogen (secondary N) is 1. The van der Waals surface area contributed by atoms with E-state index in [-0.39, 0.29) is 5.56 Å². The molecule has 1 fully saturated rings. The fourth-order valence-electron chi connectivity index (χ4n) is 2.87. The van der Waals surface area contributed by atoms with Crippen LogP contribution >= 0.6 is 0 Å². The first-order chi connectivity index (χ1) is 8.58. The molecular weight excluding hydrogens is 224 g/mol. The number of hydrogen-bond acceptors (Lipinski definition) is 2. The highest BCUT2D eigenvalue weighted by atomic mass is 16.1. The molecule has 0 aromatic carbocycles. The SMILES string of the molecule is Cc1cc(C2CCCCN2CC(C)C)c[nH]c1=O. The van der Waals surface area contributed by atoms with Gasteiger partial charge in [0.05, 0.1) is 0 Å². The molecule has 2 rings (SSSR count). The average molecular weight is 248 g/mol. The largest absolute Gasteiger partial charge is 0.329 e. The molecule has 1 N–H and O–H groups in total. The zero-order valence-corrected chi connectivity index (χ0v) is 11.7. The molecule has 1 unspecified atom stereocenters. The highest BCUT2D eigenvalue weighted by Crippen LogP contribution is 2.30. The molecule has 0 bridgehead atoms. The third kappa shape index (κ3) is 3.02. The first-order valence-electron chi connectivity index (χ1n) is 7.01. The van der Waals surface area contributed by atoms with Crippen LogP contribution in [0.3, 0.4) is 0 Å². The highest BCUT2D eigenvalue weighted by Gasteiger charge is 2.24. The summed E-state index contributed by atoms with van der Waals surface area (Å²) in [7, 11) is 0. The maximum Gasteiger partial charge on any atom is 0.250 e. The molecule has 1 atom stereocenters. The maximum absolute atomic E-state index is 11.4. The van der Waals surface area contributed by atoms with Crippen molar-refractivity contribution in [2.75, 3.05) is 13.1 Å². The minimum Gasteiger partial charge on any atom is -0.329 e. The molecule has 100 valence electrons. The molecule has 0 spiro atoms. The fourth-order valence-corrected chi connectivity index (χ4v) is 2.87. The van der Waals surface area contributed by atoms with E-state index in [1.54, 1.807) is 0 Å². The lowest BCUT2D eigenvalue weighted by molar-refractivity contribution is 0.132. The smallest absolute Gasteiger partial charge is 0.250 e. The number of aromatic nitrogens is 1. The topological polar surface area (TPSA) is 36.1 Å². The van der Waals surface area contributed by atoms with Gasteiger partial charge < -0.3 is 4.98 Å². The van der Waals surface area contributed by atoms with E-state index < -0.39 is 0 Å². The van der Waals surface area contributed by atoms with Crippen LogP contribution in [0.4, 0.5) is 0 Å². The molecule has 3 nitrogen and oxygen atoms in total. The number of piperidine rings is 1. The summed E-state index contributed by atoms with van der Waals surface area (Å²) in [4.78, 5) is 16.9. The van der Waals surface area contributed by atoms with Crippen LogP contribution in [0.25, 0.3) is 0 Å². The Labute approximate surface area is 109 Å². The number of nitrogens with zero attached hydrogens (tertiary/aromatic N) is 1. The van der Waals surface area contributed by atoms with Crippen LogP contribution < -0.4 is 5.56 Å². The average Bonchev–Trinajstić information content (AvgIpc) is 2.33. The van der Waals surface area contributed by atoms with Gasteiger partial charge in [-0.05, 0) is 43.9 Å². The van der Waals surface area contributed by atoms with Gasteiger partial charge >= 0.3 is 0 Å². The maximum atomic E-state index is 11.4. The first-order valence-corrected chi connectivity index (χ1v) is 7.01. The van der Waals surface area contributed by atoms with Crippen LogP contribution in [-0.4, -0.2) is 23.0 Å². The van der Waals surface area contributed by atoms with Gasteiger partial charge in [0.25, 0.3) is 5.56 Å². The standard InChI is InChI=1S/C15H24N2O/c1-11(2)10-17-7-5-4-6-14(17)13-8-12(3)15(18)16-9-13/h8-9,11,14H,4-7,10H2,1-3H3,(H,16,18). The minimum absolute atomic E-state index is 0.0324. The van der Waals surface area contributed by atoms with E-state index in [1.807, 2.05) is 13.1 Å². The Morgan fingerprint density at radius 3 is 2.89 bits per heavy atom. The molecule has 1 aromatic heterocycles. The predicted molar refractivity (Wildman–Crippen MR) is 74.8 cm³/mol. The monoisotopic (exact) mass is 248 g/mol. The number of pyridine rings is 1. The molecule has 1 aromatic rings. The fraction of sp³-hybridized carbons (Fsp3) is 0.667.